The van der Waals surface area contributed by atoms with Crippen LogP contribution in [0.15, 0.2) is 53.6 Å². The molecule has 1 aliphatic carbocycles. The Morgan fingerprint density at radius 3 is 2.62 bits per heavy atom. The third-order valence-corrected chi connectivity index (χ3v) is 5.66. The van der Waals surface area contributed by atoms with Gasteiger partial charge in [-0.05, 0) is 55.5 Å². The zero-order chi connectivity index (χ0) is 20.4. The molecule has 1 saturated carbocycles. The molecule has 1 aliphatic rings. The lowest BCUT2D eigenvalue weighted by Gasteiger charge is -2.29. The highest BCUT2D eigenvalue weighted by Gasteiger charge is 2.29. The van der Waals surface area contributed by atoms with E-state index in [1.807, 2.05) is 17.9 Å². The normalized spacial score (nSPS) is 14.4. The van der Waals surface area contributed by atoms with Gasteiger partial charge in [0.1, 0.15) is 17.0 Å². The molecule has 0 bridgehead atoms. The van der Waals surface area contributed by atoms with Crippen molar-refractivity contribution in [1.29, 1.82) is 0 Å². The predicted molar refractivity (Wildman–Crippen MR) is 110 cm³/mol. The van der Waals surface area contributed by atoms with Gasteiger partial charge in [-0.3, -0.25) is 14.0 Å². The van der Waals surface area contributed by atoms with Crippen LogP contribution in [-0.2, 0) is 6.42 Å². The molecule has 2 heterocycles. The summed E-state index contributed by atoms with van der Waals surface area (Å²) in [4.78, 5) is 32.5. The Kier molecular flexibility index (Phi) is 5.43. The minimum absolute atomic E-state index is 0.0964. The molecule has 0 atom stereocenters. The van der Waals surface area contributed by atoms with E-state index in [1.54, 1.807) is 24.4 Å². The number of carbonyl (C=O) groups is 1. The van der Waals surface area contributed by atoms with E-state index in [1.165, 1.54) is 22.7 Å². The molecule has 0 unspecified atom stereocenters. The van der Waals surface area contributed by atoms with Crippen LogP contribution in [0.2, 0.25) is 0 Å². The van der Waals surface area contributed by atoms with Gasteiger partial charge >= 0.3 is 0 Å². The van der Waals surface area contributed by atoms with E-state index >= 15 is 0 Å². The first-order valence-electron chi connectivity index (χ1n) is 10.1. The quantitative estimate of drug-likeness (QED) is 0.663. The SMILES string of the molecule is Cc1ccc2ncc(C(=O)N(CCc3ccc(F)cc3)C3CCCC3)c(=O)n2c1. The van der Waals surface area contributed by atoms with Crippen LogP contribution in [0, 0.1) is 12.7 Å². The number of benzene rings is 1. The number of halogens is 1. The number of fused-ring (bicyclic) bond motifs is 1. The number of hydrogen-bond donors (Lipinski definition) is 0. The summed E-state index contributed by atoms with van der Waals surface area (Å²) in [5.74, 6) is -0.546. The van der Waals surface area contributed by atoms with Gasteiger partial charge in [-0.15, -0.1) is 0 Å². The maximum atomic E-state index is 13.4. The molecule has 5 nitrogen and oxygen atoms in total. The van der Waals surface area contributed by atoms with E-state index in [9.17, 15) is 14.0 Å². The second-order valence-electron chi connectivity index (χ2n) is 7.72. The monoisotopic (exact) mass is 393 g/mol. The molecule has 3 aromatic rings. The van der Waals surface area contributed by atoms with E-state index < -0.39 is 0 Å². The van der Waals surface area contributed by atoms with Gasteiger partial charge < -0.3 is 4.90 Å². The summed E-state index contributed by atoms with van der Waals surface area (Å²) in [7, 11) is 0. The van der Waals surface area contributed by atoms with Crippen LogP contribution < -0.4 is 5.56 Å². The van der Waals surface area contributed by atoms with Crippen molar-refractivity contribution < 1.29 is 9.18 Å². The van der Waals surface area contributed by atoms with Crippen molar-refractivity contribution in [2.24, 2.45) is 0 Å². The molecule has 4 rings (SSSR count). The lowest BCUT2D eigenvalue weighted by molar-refractivity contribution is 0.0681. The highest BCUT2D eigenvalue weighted by atomic mass is 19.1. The fourth-order valence-electron chi connectivity index (χ4n) is 4.05. The van der Waals surface area contributed by atoms with E-state index in [2.05, 4.69) is 4.98 Å². The summed E-state index contributed by atoms with van der Waals surface area (Å²) in [6.07, 6.45) is 7.77. The molecular weight excluding hydrogens is 369 g/mol. The number of amides is 1. The predicted octanol–water partition coefficient (Wildman–Crippen LogP) is 3.77. The van der Waals surface area contributed by atoms with E-state index in [0.29, 0.717) is 18.6 Å². The summed E-state index contributed by atoms with van der Waals surface area (Å²) in [5.41, 5.74) is 2.17. The minimum atomic E-state index is -0.339. The number of hydrogen-bond acceptors (Lipinski definition) is 3. The van der Waals surface area contributed by atoms with Crippen molar-refractivity contribution in [3.63, 3.8) is 0 Å². The van der Waals surface area contributed by atoms with Crippen molar-refractivity contribution in [3.8, 4) is 0 Å². The van der Waals surface area contributed by atoms with Crippen molar-refractivity contribution in [2.45, 2.75) is 45.1 Å². The Bertz CT molecular complexity index is 1090. The number of rotatable bonds is 5. The highest BCUT2D eigenvalue weighted by molar-refractivity contribution is 5.94. The van der Waals surface area contributed by atoms with Crippen LogP contribution in [0.3, 0.4) is 0 Å². The molecule has 0 aliphatic heterocycles. The molecule has 0 saturated heterocycles. The first kappa shape index (κ1) is 19.3. The van der Waals surface area contributed by atoms with Gasteiger partial charge in [0.05, 0.1) is 0 Å². The van der Waals surface area contributed by atoms with Crippen LogP contribution in [-0.4, -0.2) is 32.8 Å². The second-order valence-corrected chi connectivity index (χ2v) is 7.72. The number of aromatic nitrogens is 2. The fraction of sp³-hybridized carbons (Fsp3) is 0.348. The smallest absolute Gasteiger partial charge is 0.270 e. The Hall–Kier alpha value is -3.02. The van der Waals surface area contributed by atoms with Gasteiger partial charge in [0.2, 0.25) is 0 Å². The van der Waals surface area contributed by atoms with Crippen LogP contribution in [0.4, 0.5) is 4.39 Å². The summed E-state index contributed by atoms with van der Waals surface area (Å²) in [5, 5.41) is 0. The van der Waals surface area contributed by atoms with Gasteiger partial charge in [-0.1, -0.05) is 31.0 Å². The molecule has 29 heavy (non-hydrogen) atoms. The van der Waals surface area contributed by atoms with Gasteiger partial charge in [0.25, 0.3) is 11.5 Å². The molecular formula is C23H24FN3O2. The Balaban J connectivity index is 1.64. The summed E-state index contributed by atoms with van der Waals surface area (Å²) in [6, 6.07) is 10.1. The molecule has 1 aromatic carbocycles. The number of aryl methyl sites for hydroxylation is 1. The second kappa shape index (κ2) is 8.15. The highest BCUT2D eigenvalue weighted by Crippen LogP contribution is 2.25. The van der Waals surface area contributed by atoms with Crippen molar-refractivity contribution in [3.05, 3.63) is 81.7 Å². The third kappa shape index (κ3) is 4.06. The van der Waals surface area contributed by atoms with E-state index in [0.717, 1.165) is 36.8 Å². The average molecular weight is 393 g/mol. The van der Waals surface area contributed by atoms with Crippen molar-refractivity contribution in [2.75, 3.05) is 6.54 Å². The molecule has 150 valence electrons. The molecule has 6 heteroatoms. The standard InChI is InChI=1S/C23H24FN3O2/c1-16-6-11-21-25-14-20(23(29)27(21)15-16)22(28)26(19-4-2-3-5-19)13-12-17-7-9-18(24)10-8-17/h6-11,14-15,19H,2-5,12-13H2,1H3. The molecule has 1 amide bonds. The Morgan fingerprint density at radius 1 is 1.17 bits per heavy atom. The molecule has 1 fully saturated rings. The average Bonchev–Trinajstić information content (AvgIpc) is 3.24. The summed E-state index contributed by atoms with van der Waals surface area (Å²) in [6.45, 7) is 2.39. The largest absolute Gasteiger partial charge is 0.335 e. The van der Waals surface area contributed by atoms with Crippen molar-refractivity contribution >= 4 is 11.6 Å². The topological polar surface area (TPSA) is 54.7 Å². The van der Waals surface area contributed by atoms with Crippen molar-refractivity contribution in [1.82, 2.24) is 14.3 Å². The molecule has 2 aromatic heterocycles. The zero-order valence-corrected chi connectivity index (χ0v) is 16.5. The Labute approximate surface area is 168 Å². The van der Waals surface area contributed by atoms with Gasteiger partial charge in [0, 0.05) is 25.0 Å². The van der Waals surface area contributed by atoms with Crippen LogP contribution in [0.1, 0.15) is 47.2 Å². The molecule has 0 spiro atoms. The number of carbonyl (C=O) groups excluding carboxylic acids is 1. The van der Waals surface area contributed by atoms with Crippen LogP contribution in [0.25, 0.3) is 5.65 Å². The Morgan fingerprint density at radius 2 is 1.90 bits per heavy atom. The first-order chi connectivity index (χ1) is 14.0. The molecule has 0 radical (unpaired) electrons. The van der Waals surface area contributed by atoms with E-state index in [4.69, 9.17) is 0 Å². The van der Waals surface area contributed by atoms with Crippen LogP contribution in [0.5, 0.6) is 0 Å². The first-order valence-corrected chi connectivity index (χ1v) is 10.1. The molecule has 0 N–H and O–H groups in total. The fourth-order valence-corrected chi connectivity index (χ4v) is 4.05. The number of nitrogens with zero attached hydrogens (tertiary/aromatic N) is 3. The lowest BCUT2D eigenvalue weighted by Crippen LogP contribution is -2.42. The summed E-state index contributed by atoms with van der Waals surface area (Å²) < 4.78 is 14.6. The van der Waals surface area contributed by atoms with Crippen LogP contribution >= 0.6 is 0 Å². The third-order valence-electron chi connectivity index (χ3n) is 5.66. The summed E-state index contributed by atoms with van der Waals surface area (Å²) >= 11 is 0. The van der Waals surface area contributed by atoms with Gasteiger partial charge in [-0.2, -0.15) is 0 Å². The maximum absolute atomic E-state index is 13.4. The zero-order valence-electron chi connectivity index (χ0n) is 16.5. The van der Waals surface area contributed by atoms with E-state index in [-0.39, 0.29) is 28.9 Å². The number of pyridine rings is 1. The maximum Gasteiger partial charge on any atom is 0.270 e. The van der Waals surface area contributed by atoms with Gasteiger partial charge in [0.15, 0.2) is 0 Å². The van der Waals surface area contributed by atoms with Gasteiger partial charge in [-0.25, -0.2) is 9.37 Å². The minimum Gasteiger partial charge on any atom is -0.335 e. The lowest BCUT2D eigenvalue weighted by atomic mass is 10.1.